The molecule has 7 nitrogen and oxygen atoms in total. The van der Waals surface area contributed by atoms with Gasteiger partial charge >= 0.3 is 5.97 Å². The maximum Gasteiger partial charge on any atom is 0.305 e. The predicted octanol–water partition coefficient (Wildman–Crippen LogP) is 2.93. The maximum atomic E-state index is 12.4. The van der Waals surface area contributed by atoms with E-state index in [9.17, 15) is 14.7 Å². The standard InChI is InChI=1S/C20H29NO6/c1-25-15-6-7-16(18(12-15)26-2)17(13-20(23)24)21-19(22)5-3-4-14-8-10-27-11-9-14/h6-7,12,14,17H,3-5,8-11,13H2,1-2H3,(H,21,22)(H,23,24). The van der Waals surface area contributed by atoms with Gasteiger partial charge in [0.25, 0.3) is 0 Å². The van der Waals surface area contributed by atoms with Gasteiger partial charge < -0.3 is 24.6 Å². The number of carboxylic acid groups (broad SMARTS) is 1. The monoisotopic (exact) mass is 379 g/mol. The van der Waals surface area contributed by atoms with Crippen molar-refractivity contribution in [2.45, 2.75) is 44.6 Å². The van der Waals surface area contributed by atoms with Gasteiger partial charge in [-0.05, 0) is 43.7 Å². The van der Waals surface area contributed by atoms with Gasteiger partial charge in [0.2, 0.25) is 5.91 Å². The van der Waals surface area contributed by atoms with E-state index in [1.165, 1.54) is 7.11 Å². The molecule has 0 aliphatic carbocycles. The summed E-state index contributed by atoms with van der Waals surface area (Å²) in [6.45, 7) is 1.60. The third kappa shape index (κ3) is 6.75. The summed E-state index contributed by atoms with van der Waals surface area (Å²) in [6, 6.07) is 4.48. The van der Waals surface area contributed by atoms with Gasteiger partial charge in [0.1, 0.15) is 11.5 Å². The Labute approximate surface area is 160 Å². The van der Waals surface area contributed by atoms with E-state index < -0.39 is 12.0 Å². The molecule has 0 aromatic heterocycles. The number of hydrogen-bond donors (Lipinski definition) is 2. The molecule has 150 valence electrons. The van der Waals surface area contributed by atoms with Crippen molar-refractivity contribution in [3.63, 3.8) is 0 Å². The van der Waals surface area contributed by atoms with Gasteiger partial charge in [0, 0.05) is 31.3 Å². The summed E-state index contributed by atoms with van der Waals surface area (Å²) >= 11 is 0. The molecule has 2 rings (SSSR count). The molecule has 1 amide bonds. The van der Waals surface area contributed by atoms with Crippen molar-refractivity contribution in [1.82, 2.24) is 5.32 Å². The number of hydrogen-bond acceptors (Lipinski definition) is 5. The zero-order chi connectivity index (χ0) is 19.6. The highest BCUT2D eigenvalue weighted by Crippen LogP contribution is 2.31. The number of carbonyl (C=O) groups is 2. The first-order chi connectivity index (χ1) is 13.0. The van der Waals surface area contributed by atoms with Crippen LogP contribution < -0.4 is 14.8 Å². The number of aliphatic carboxylic acids is 1. The third-order valence-electron chi connectivity index (χ3n) is 4.89. The van der Waals surface area contributed by atoms with E-state index in [0.717, 1.165) is 38.9 Å². The molecule has 1 heterocycles. The molecule has 7 heteroatoms. The molecule has 1 aliphatic rings. The van der Waals surface area contributed by atoms with E-state index in [2.05, 4.69) is 5.32 Å². The minimum absolute atomic E-state index is 0.147. The average molecular weight is 379 g/mol. The summed E-state index contributed by atoms with van der Waals surface area (Å²) in [6.07, 6.45) is 4.04. The Balaban J connectivity index is 1.97. The van der Waals surface area contributed by atoms with Crippen LogP contribution in [0.5, 0.6) is 11.5 Å². The lowest BCUT2D eigenvalue weighted by Crippen LogP contribution is -2.30. The lowest BCUT2D eigenvalue weighted by molar-refractivity contribution is -0.137. The van der Waals surface area contributed by atoms with Crippen LogP contribution in [0.2, 0.25) is 0 Å². The lowest BCUT2D eigenvalue weighted by Gasteiger charge is -2.22. The second-order valence-corrected chi connectivity index (χ2v) is 6.77. The molecular formula is C20H29NO6. The zero-order valence-electron chi connectivity index (χ0n) is 16.0. The highest BCUT2D eigenvalue weighted by molar-refractivity contribution is 5.78. The Kier molecular flexibility index (Phi) is 8.39. The van der Waals surface area contributed by atoms with Gasteiger partial charge in [-0.3, -0.25) is 9.59 Å². The van der Waals surface area contributed by atoms with E-state index in [0.29, 0.717) is 29.4 Å². The summed E-state index contributed by atoms with van der Waals surface area (Å²) in [4.78, 5) is 23.7. The van der Waals surface area contributed by atoms with E-state index >= 15 is 0 Å². The van der Waals surface area contributed by atoms with Crippen LogP contribution in [0.4, 0.5) is 0 Å². The molecule has 1 atom stereocenters. The van der Waals surface area contributed by atoms with Crippen molar-refractivity contribution in [1.29, 1.82) is 0 Å². The van der Waals surface area contributed by atoms with Gasteiger partial charge in [-0.1, -0.05) is 0 Å². The second-order valence-electron chi connectivity index (χ2n) is 6.77. The number of benzene rings is 1. The van der Waals surface area contributed by atoms with Crippen molar-refractivity contribution in [2.75, 3.05) is 27.4 Å². The highest BCUT2D eigenvalue weighted by atomic mass is 16.5. The molecule has 1 aliphatic heterocycles. The number of carbonyl (C=O) groups excluding carboxylic acids is 1. The SMILES string of the molecule is COc1ccc(C(CC(=O)O)NC(=O)CCCC2CCOCC2)c(OC)c1. The van der Waals surface area contributed by atoms with E-state index in [4.69, 9.17) is 14.2 Å². The summed E-state index contributed by atoms with van der Waals surface area (Å²) in [7, 11) is 3.05. The quantitative estimate of drug-likeness (QED) is 0.649. The fourth-order valence-electron chi connectivity index (χ4n) is 3.37. The molecule has 27 heavy (non-hydrogen) atoms. The van der Waals surface area contributed by atoms with E-state index in [1.54, 1.807) is 25.3 Å². The Bertz CT molecular complexity index is 627. The molecule has 1 unspecified atom stereocenters. The number of amides is 1. The van der Waals surface area contributed by atoms with Crippen molar-refractivity contribution < 1.29 is 28.9 Å². The Morgan fingerprint density at radius 3 is 2.63 bits per heavy atom. The molecule has 1 aromatic carbocycles. The summed E-state index contributed by atoms with van der Waals surface area (Å²) < 4.78 is 15.9. The normalized spacial score (nSPS) is 15.8. The maximum absolute atomic E-state index is 12.4. The Hall–Kier alpha value is -2.28. The topological polar surface area (TPSA) is 94.1 Å². The number of methoxy groups -OCH3 is 2. The first-order valence-electron chi connectivity index (χ1n) is 9.34. The molecule has 0 bridgehead atoms. The number of rotatable bonds is 10. The van der Waals surface area contributed by atoms with Crippen molar-refractivity contribution >= 4 is 11.9 Å². The van der Waals surface area contributed by atoms with Gasteiger partial charge in [-0.15, -0.1) is 0 Å². The van der Waals surface area contributed by atoms with E-state index in [1.807, 2.05) is 0 Å². The molecular weight excluding hydrogens is 350 g/mol. The second kappa shape index (κ2) is 10.8. The minimum Gasteiger partial charge on any atom is -0.497 e. The fraction of sp³-hybridized carbons (Fsp3) is 0.600. The van der Waals surface area contributed by atoms with Crippen LogP contribution in [0.1, 0.15) is 50.1 Å². The molecule has 1 saturated heterocycles. The largest absolute Gasteiger partial charge is 0.497 e. The van der Waals surface area contributed by atoms with E-state index in [-0.39, 0.29) is 12.3 Å². The minimum atomic E-state index is -0.986. The lowest BCUT2D eigenvalue weighted by atomic mass is 9.94. The van der Waals surface area contributed by atoms with Gasteiger partial charge in [0.05, 0.1) is 26.7 Å². The van der Waals surface area contributed by atoms with Gasteiger partial charge in [-0.2, -0.15) is 0 Å². The molecule has 0 spiro atoms. The number of nitrogens with one attached hydrogen (secondary N) is 1. The van der Waals surface area contributed by atoms with Crippen LogP contribution >= 0.6 is 0 Å². The smallest absolute Gasteiger partial charge is 0.305 e. The first kappa shape index (κ1) is 21.0. The van der Waals surface area contributed by atoms with Crippen molar-refractivity contribution in [3.8, 4) is 11.5 Å². The summed E-state index contributed by atoms with van der Waals surface area (Å²) in [5.41, 5.74) is 0.624. The molecule has 1 aromatic rings. The third-order valence-corrected chi connectivity index (χ3v) is 4.89. The van der Waals surface area contributed by atoms with Crippen molar-refractivity contribution in [2.24, 2.45) is 5.92 Å². The van der Waals surface area contributed by atoms with Crippen LogP contribution in [-0.4, -0.2) is 44.4 Å². The highest BCUT2D eigenvalue weighted by Gasteiger charge is 2.22. The van der Waals surface area contributed by atoms with Crippen LogP contribution in [0.15, 0.2) is 18.2 Å². The van der Waals surface area contributed by atoms with Crippen LogP contribution in [0, 0.1) is 5.92 Å². The zero-order valence-corrected chi connectivity index (χ0v) is 16.0. The Morgan fingerprint density at radius 2 is 2.00 bits per heavy atom. The first-order valence-corrected chi connectivity index (χ1v) is 9.34. The Morgan fingerprint density at radius 1 is 1.26 bits per heavy atom. The molecule has 2 N–H and O–H groups in total. The van der Waals surface area contributed by atoms with Crippen LogP contribution in [-0.2, 0) is 14.3 Å². The summed E-state index contributed by atoms with van der Waals surface area (Å²) in [5.74, 6) is 0.574. The number of carboxylic acids is 1. The summed E-state index contributed by atoms with van der Waals surface area (Å²) in [5, 5.41) is 12.1. The molecule has 0 radical (unpaired) electrons. The average Bonchev–Trinajstić information content (AvgIpc) is 2.67. The number of ether oxygens (including phenoxy) is 3. The fourth-order valence-corrected chi connectivity index (χ4v) is 3.37. The molecule has 0 saturated carbocycles. The van der Waals surface area contributed by atoms with Crippen LogP contribution in [0.25, 0.3) is 0 Å². The molecule has 1 fully saturated rings. The predicted molar refractivity (Wildman–Crippen MR) is 100 cm³/mol. The van der Waals surface area contributed by atoms with Gasteiger partial charge in [-0.25, -0.2) is 0 Å². The van der Waals surface area contributed by atoms with Crippen molar-refractivity contribution in [3.05, 3.63) is 23.8 Å². The van der Waals surface area contributed by atoms with Crippen LogP contribution in [0.3, 0.4) is 0 Å². The van der Waals surface area contributed by atoms with Gasteiger partial charge in [0.15, 0.2) is 0 Å².